The maximum Gasteiger partial charge on any atom is 0.193 e. The summed E-state index contributed by atoms with van der Waals surface area (Å²) < 4.78 is 32.2. The highest BCUT2D eigenvalue weighted by atomic mass is 16.7. The molecule has 0 aliphatic heterocycles. The number of phenols is 1. The Labute approximate surface area is 231 Å². The number of phenolic OH excluding ortho intramolecular Hbond substituents is 1. The third-order valence-electron chi connectivity index (χ3n) is 5.53. The zero-order valence-electron chi connectivity index (χ0n) is 24.0. The molecule has 0 atom stereocenters. The second-order valence-corrected chi connectivity index (χ2v) is 9.26. The normalized spacial score (nSPS) is 10.8. The zero-order chi connectivity index (χ0) is 28.8. The maximum absolute atomic E-state index is 13.4. The Balaban J connectivity index is 2.51. The van der Waals surface area contributed by atoms with Crippen LogP contribution in [0.3, 0.4) is 0 Å². The van der Waals surface area contributed by atoms with E-state index in [9.17, 15) is 9.90 Å². The van der Waals surface area contributed by atoms with Gasteiger partial charge in [-0.05, 0) is 69.9 Å². The second kappa shape index (κ2) is 16.4. The first-order valence-electron chi connectivity index (χ1n) is 12.6. The van der Waals surface area contributed by atoms with Crippen molar-refractivity contribution in [2.24, 2.45) is 0 Å². The molecule has 0 spiro atoms. The minimum absolute atomic E-state index is 0.0232. The third-order valence-corrected chi connectivity index (χ3v) is 5.53. The number of ether oxygens (including phenoxy) is 6. The Hall–Kier alpha value is -3.59. The summed E-state index contributed by atoms with van der Waals surface area (Å²) in [6.45, 7) is 7.97. The average molecular weight is 541 g/mol. The van der Waals surface area contributed by atoms with E-state index in [0.717, 1.165) is 16.7 Å². The van der Waals surface area contributed by atoms with Crippen LogP contribution in [0.4, 0.5) is 0 Å². The predicted molar refractivity (Wildman–Crippen MR) is 152 cm³/mol. The Morgan fingerprint density at radius 3 is 1.92 bits per heavy atom. The number of methoxy groups -OCH3 is 3. The van der Waals surface area contributed by atoms with Gasteiger partial charge in [0, 0.05) is 33.0 Å². The van der Waals surface area contributed by atoms with Crippen LogP contribution in [0.5, 0.6) is 23.0 Å². The lowest BCUT2D eigenvalue weighted by Crippen LogP contribution is -2.09. The molecule has 2 aromatic rings. The van der Waals surface area contributed by atoms with Crippen molar-refractivity contribution in [1.29, 1.82) is 0 Å². The molecule has 0 aliphatic carbocycles. The Bertz CT molecular complexity index is 1190. The Morgan fingerprint density at radius 1 is 0.769 bits per heavy atom. The van der Waals surface area contributed by atoms with Crippen LogP contribution in [0.15, 0.2) is 53.6 Å². The highest BCUT2D eigenvalue weighted by Gasteiger charge is 2.23. The molecule has 1 N–H and O–H groups in total. The Morgan fingerprint density at radius 2 is 1.33 bits per heavy atom. The summed E-state index contributed by atoms with van der Waals surface area (Å²) in [5.74, 6) is 0.564. The van der Waals surface area contributed by atoms with Crippen molar-refractivity contribution in [2.45, 2.75) is 40.5 Å². The fourth-order valence-electron chi connectivity index (χ4n) is 3.59. The van der Waals surface area contributed by atoms with Crippen molar-refractivity contribution in [2.75, 3.05) is 41.7 Å². The van der Waals surface area contributed by atoms with E-state index in [1.165, 1.54) is 25.9 Å². The summed E-state index contributed by atoms with van der Waals surface area (Å²) in [6.07, 6.45) is 8.17. The van der Waals surface area contributed by atoms with E-state index in [-0.39, 0.29) is 37.4 Å². The lowest BCUT2D eigenvalue weighted by Gasteiger charge is -2.18. The average Bonchev–Trinajstić information content (AvgIpc) is 2.90. The molecule has 39 heavy (non-hydrogen) atoms. The molecule has 212 valence electrons. The van der Waals surface area contributed by atoms with Crippen LogP contribution >= 0.6 is 0 Å². The molecule has 0 saturated heterocycles. The van der Waals surface area contributed by atoms with Crippen LogP contribution < -0.4 is 14.2 Å². The van der Waals surface area contributed by atoms with E-state index in [1.54, 1.807) is 19.3 Å². The van der Waals surface area contributed by atoms with Gasteiger partial charge in [0.25, 0.3) is 0 Å². The quantitative estimate of drug-likeness (QED) is 0.116. The lowest BCUT2D eigenvalue weighted by atomic mass is 9.98. The molecule has 8 nitrogen and oxygen atoms in total. The highest BCUT2D eigenvalue weighted by molar-refractivity contribution is 6.11. The van der Waals surface area contributed by atoms with Crippen molar-refractivity contribution < 1.29 is 38.3 Å². The molecule has 0 aliphatic rings. The molecule has 0 radical (unpaired) electrons. The van der Waals surface area contributed by atoms with E-state index in [2.05, 4.69) is 6.08 Å². The molecule has 0 aromatic heterocycles. The van der Waals surface area contributed by atoms with Gasteiger partial charge in [0.05, 0.1) is 0 Å². The monoisotopic (exact) mass is 540 g/mol. The summed E-state index contributed by atoms with van der Waals surface area (Å²) in [4.78, 5) is 13.4. The summed E-state index contributed by atoms with van der Waals surface area (Å²) >= 11 is 0. The van der Waals surface area contributed by atoms with Crippen molar-refractivity contribution in [1.82, 2.24) is 0 Å². The van der Waals surface area contributed by atoms with Crippen LogP contribution in [0.25, 0.3) is 6.08 Å². The van der Waals surface area contributed by atoms with Gasteiger partial charge in [0.1, 0.15) is 28.6 Å². The highest BCUT2D eigenvalue weighted by Crippen LogP contribution is 2.40. The van der Waals surface area contributed by atoms with Crippen molar-refractivity contribution in [3.05, 3.63) is 75.9 Å². The van der Waals surface area contributed by atoms with Crippen molar-refractivity contribution in [3.8, 4) is 23.0 Å². The van der Waals surface area contributed by atoms with E-state index in [4.69, 9.17) is 28.4 Å². The minimum Gasteiger partial charge on any atom is -0.507 e. The van der Waals surface area contributed by atoms with E-state index in [1.807, 2.05) is 52.0 Å². The van der Waals surface area contributed by atoms with Crippen LogP contribution in [0.1, 0.15) is 54.7 Å². The first-order chi connectivity index (χ1) is 18.7. The zero-order valence-corrected chi connectivity index (χ0v) is 24.0. The predicted octanol–water partition coefficient (Wildman–Crippen LogP) is 6.25. The fraction of sp³-hybridized carbons (Fsp3) is 0.387. The molecule has 0 heterocycles. The number of carbonyl (C=O) groups is 1. The first-order valence-corrected chi connectivity index (χ1v) is 12.6. The van der Waals surface area contributed by atoms with Gasteiger partial charge in [-0.3, -0.25) is 4.79 Å². The molecule has 0 fully saturated rings. The molecular formula is C31H40O8. The number of aromatic hydroxyl groups is 1. The molecule has 0 amide bonds. The van der Waals surface area contributed by atoms with Gasteiger partial charge in [-0.25, -0.2) is 0 Å². The summed E-state index contributed by atoms with van der Waals surface area (Å²) in [7, 11) is 4.54. The summed E-state index contributed by atoms with van der Waals surface area (Å²) in [5, 5.41) is 11.3. The van der Waals surface area contributed by atoms with Crippen molar-refractivity contribution in [3.63, 3.8) is 0 Å². The van der Waals surface area contributed by atoms with E-state index in [0.29, 0.717) is 29.9 Å². The lowest BCUT2D eigenvalue weighted by molar-refractivity contribution is 0.0449. The standard InChI is InChI=1S/C31H40O8/c1-21(2)8-12-24-16-23(11-15-27(24)37-18-34-5)10-14-26(32)30-29(39-20-36-7)17-28(38-19-35-6)25(31(30)33)13-9-22(3)4/h8-11,14-17,33H,12-13,18-20H2,1-7H3/b14-10+. The van der Waals surface area contributed by atoms with Crippen LogP contribution in [0, 0.1) is 0 Å². The molecular weight excluding hydrogens is 500 g/mol. The van der Waals surface area contributed by atoms with E-state index < -0.39 is 5.78 Å². The number of hydrogen-bond acceptors (Lipinski definition) is 8. The molecule has 0 bridgehead atoms. The van der Waals surface area contributed by atoms with Gasteiger partial charge in [0.15, 0.2) is 26.2 Å². The van der Waals surface area contributed by atoms with Crippen LogP contribution in [-0.2, 0) is 27.1 Å². The number of benzene rings is 2. The Kier molecular flexibility index (Phi) is 13.3. The van der Waals surface area contributed by atoms with Crippen LogP contribution in [-0.4, -0.2) is 52.6 Å². The number of hydrogen-bond donors (Lipinski definition) is 1. The smallest absolute Gasteiger partial charge is 0.193 e. The number of rotatable bonds is 16. The maximum atomic E-state index is 13.4. The van der Waals surface area contributed by atoms with Crippen LogP contribution in [0.2, 0.25) is 0 Å². The largest absolute Gasteiger partial charge is 0.507 e. The van der Waals surface area contributed by atoms with Crippen molar-refractivity contribution >= 4 is 11.9 Å². The number of carbonyl (C=O) groups excluding carboxylic acids is 1. The minimum atomic E-state index is -0.430. The van der Waals surface area contributed by atoms with Gasteiger partial charge in [-0.1, -0.05) is 35.4 Å². The SMILES string of the molecule is COCOc1ccc(/C=C/C(=O)c2c(OCOC)cc(OCOC)c(CC=C(C)C)c2O)cc1CC=C(C)C. The van der Waals surface area contributed by atoms with E-state index >= 15 is 0 Å². The summed E-state index contributed by atoms with van der Waals surface area (Å²) in [5.41, 5.74) is 4.48. The summed E-state index contributed by atoms with van der Waals surface area (Å²) in [6, 6.07) is 7.23. The van der Waals surface area contributed by atoms with Gasteiger partial charge < -0.3 is 33.5 Å². The third kappa shape index (κ3) is 9.90. The molecule has 0 unspecified atom stereocenters. The second-order valence-electron chi connectivity index (χ2n) is 9.26. The molecule has 0 saturated carbocycles. The van der Waals surface area contributed by atoms with Gasteiger partial charge in [0.2, 0.25) is 0 Å². The molecule has 2 aromatic carbocycles. The first kappa shape index (κ1) is 31.6. The number of ketones is 1. The van der Waals surface area contributed by atoms with Gasteiger partial charge >= 0.3 is 0 Å². The molecule has 8 heteroatoms. The topological polar surface area (TPSA) is 92.7 Å². The molecule has 2 rings (SSSR count). The number of allylic oxidation sites excluding steroid dienone is 5. The van der Waals surface area contributed by atoms with Gasteiger partial charge in [-0.15, -0.1) is 0 Å². The fourth-order valence-corrected chi connectivity index (χ4v) is 3.59. The van der Waals surface area contributed by atoms with Gasteiger partial charge in [-0.2, -0.15) is 0 Å².